The molecule has 2 saturated heterocycles. The third kappa shape index (κ3) is 5.27. The van der Waals surface area contributed by atoms with Gasteiger partial charge < -0.3 is 20.0 Å². The van der Waals surface area contributed by atoms with Crippen LogP contribution in [0.1, 0.15) is 28.8 Å². The van der Waals surface area contributed by atoms with Crippen LogP contribution in [-0.2, 0) is 11.3 Å². The van der Waals surface area contributed by atoms with Gasteiger partial charge in [0.1, 0.15) is 5.82 Å². The second-order valence-corrected chi connectivity index (χ2v) is 8.73. The van der Waals surface area contributed by atoms with Crippen molar-refractivity contribution in [3.05, 3.63) is 65.5 Å². The number of benzene rings is 2. The zero-order valence-electron chi connectivity index (χ0n) is 18.6. The van der Waals surface area contributed by atoms with Crippen molar-refractivity contribution in [3.8, 4) is 0 Å². The lowest BCUT2D eigenvalue weighted by Crippen LogP contribution is -2.46. The second-order valence-electron chi connectivity index (χ2n) is 8.73. The van der Waals surface area contributed by atoms with Gasteiger partial charge in [0.2, 0.25) is 5.91 Å². The molecule has 0 bridgehead atoms. The van der Waals surface area contributed by atoms with Gasteiger partial charge in [0, 0.05) is 57.1 Å². The van der Waals surface area contributed by atoms with Crippen molar-refractivity contribution in [1.29, 1.82) is 0 Å². The summed E-state index contributed by atoms with van der Waals surface area (Å²) >= 11 is 0. The molecule has 2 aliphatic rings. The van der Waals surface area contributed by atoms with E-state index in [1.165, 1.54) is 30.0 Å². The van der Waals surface area contributed by atoms with Crippen molar-refractivity contribution >= 4 is 17.5 Å². The first-order valence-electron chi connectivity index (χ1n) is 11.4. The van der Waals surface area contributed by atoms with Crippen LogP contribution in [0.15, 0.2) is 48.5 Å². The second kappa shape index (κ2) is 10.1. The van der Waals surface area contributed by atoms with Crippen molar-refractivity contribution in [3.63, 3.8) is 0 Å². The van der Waals surface area contributed by atoms with Crippen LogP contribution < -0.4 is 10.2 Å². The number of amides is 2. The largest absolute Gasteiger partial charge is 0.369 e. The molecule has 0 saturated carbocycles. The van der Waals surface area contributed by atoms with Gasteiger partial charge >= 0.3 is 0 Å². The molecule has 2 heterocycles. The number of piperazine rings is 1. The molecule has 2 aromatic carbocycles. The lowest BCUT2D eigenvalue weighted by molar-refractivity contribution is -0.126. The number of para-hydroxylation sites is 1. The quantitative estimate of drug-likeness (QED) is 0.780. The molecule has 0 aliphatic carbocycles. The zero-order valence-corrected chi connectivity index (χ0v) is 18.6. The topological polar surface area (TPSA) is 55.9 Å². The van der Waals surface area contributed by atoms with E-state index in [0.29, 0.717) is 25.2 Å². The number of nitrogens with zero attached hydrogens (tertiary/aromatic N) is 3. The highest BCUT2D eigenvalue weighted by atomic mass is 19.1. The Morgan fingerprint density at radius 3 is 2.47 bits per heavy atom. The van der Waals surface area contributed by atoms with Crippen LogP contribution in [0.25, 0.3) is 0 Å². The number of carbonyl (C=O) groups is 2. The Kier molecular flexibility index (Phi) is 7.05. The Balaban J connectivity index is 1.35. The smallest absolute Gasteiger partial charge is 0.253 e. The molecule has 1 N–H and O–H groups in total. The number of likely N-dealkylation sites (N-methyl/N-ethyl adjacent to an activating group) is 1. The van der Waals surface area contributed by atoms with Gasteiger partial charge in [-0.2, -0.15) is 0 Å². The average molecular weight is 439 g/mol. The maximum atomic E-state index is 13.2. The average Bonchev–Trinajstić information content (AvgIpc) is 2.83. The molecule has 2 aliphatic heterocycles. The molecule has 1 unspecified atom stereocenters. The molecule has 2 aromatic rings. The summed E-state index contributed by atoms with van der Waals surface area (Å²) in [5.41, 5.74) is 2.74. The van der Waals surface area contributed by atoms with E-state index < -0.39 is 0 Å². The molecule has 1 atom stereocenters. The molecule has 6 nitrogen and oxygen atoms in total. The van der Waals surface area contributed by atoms with E-state index in [0.717, 1.165) is 44.6 Å². The maximum absolute atomic E-state index is 13.2. The Morgan fingerprint density at radius 1 is 1.00 bits per heavy atom. The summed E-state index contributed by atoms with van der Waals surface area (Å²) in [7, 11) is 2.14. The number of halogens is 1. The SMILES string of the molecule is CN1CCN(c2ccccc2CNC(=O)C2CCCN(C(=O)c3ccc(F)cc3)C2)CC1. The number of hydrogen-bond donors (Lipinski definition) is 1. The minimum absolute atomic E-state index is 0.0187. The summed E-state index contributed by atoms with van der Waals surface area (Å²) in [6.07, 6.45) is 1.54. The van der Waals surface area contributed by atoms with E-state index in [1.807, 2.05) is 12.1 Å². The van der Waals surface area contributed by atoms with E-state index in [2.05, 4.69) is 34.3 Å². The Bertz CT molecular complexity index is 941. The molecular weight excluding hydrogens is 407 g/mol. The molecule has 4 rings (SSSR count). The molecule has 32 heavy (non-hydrogen) atoms. The molecule has 0 spiro atoms. The monoisotopic (exact) mass is 438 g/mol. The van der Waals surface area contributed by atoms with Gasteiger partial charge in [0.05, 0.1) is 5.92 Å². The first-order chi connectivity index (χ1) is 15.5. The Hall–Kier alpha value is -2.93. The number of hydrogen-bond acceptors (Lipinski definition) is 4. The number of likely N-dealkylation sites (tertiary alicyclic amines) is 1. The summed E-state index contributed by atoms with van der Waals surface area (Å²) in [5, 5.41) is 3.10. The summed E-state index contributed by atoms with van der Waals surface area (Å²) in [6.45, 7) is 5.49. The first-order valence-corrected chi connectivity index (χ1v) is 11.4. The van der Waals surface area contributed by atoms with Gasteiger partial charge in [-0.05, 0) is 55.8 Å². The minimum Gasteiger partial charge on any atom is -0.369 e. The molecular formula is C25H31FN4O2. The lowest BCUT2D eigenvalue weighted by Gasteiger charge is -2.35. The van der Waals surface area contributed by atoms with Crippen LogP contribution in [0, 0.1) is 11.7 Å². The first kappa shape index (κ1) is 22.3. The summed E-state index contributed by atoms with van der Waals surface area (Å²) in [6, 6.07) is 13.8. The van der Waals surface area contributed by atoms with E-state index in [1.54, 1.807) is 4.90 Å². The van der Waals surface area contributed by atoms with Crippen LogP contribution in [0.2, 0.25) is 0 Å². The lowest BCUT2D eigenvalue weighted by atomic mass is 9.96. The standard InChI is InChI=1S/C25H31FN4O2/c1-28-13-15-29(16-14-28)23-7-3-2-5-20(23)17-27-24(31)21-6-4-12-30(18-21)25(32)19-8-10-22(26)11-9-19/h2-3,5,7-11,21H,4,6,12-18H2,1H3,(H,27,31). The number of piperidine rings is 1. The van der Waals surface area contributed by atoms with Crippen molar-refractivity contribution in [2.75, 3.05) is 51.2 Å². The van der Waals surface area contributed by atoms with Crippen molar-refractivity contribution in [2.45, 2.75) is 19.4 Å². The third-order valence-corrected chi connectivity index (χ3v) is 6.46. The molecule has 2 fully saturated rings. The van der Waals surface area contributed by atoms with Crippen LogP contribution in [0.5, 0.6) is 0 Å². The molecule has 7 heteroatoms. The van der Waals surface area contributed by atoms with E-state index >= 15 is 0 Å². The highest BCUT2D eigenvalue weighted by Gasteiger charge is 2.29. The number of nitrogens with one attached hydrogen (secondary N) is 1. The van der Waals surface area contributed by atoms with Crippen LogP contribution in [0.4, 0.5) is 10.1 Å². The van der Waals surface area contributed by atoms with Gasteiger partial charge in [-0.15, -0.1) is 0 Å². The zero-order chi connectivity index (χ0) is 22.5. The van der Waals surface area contributed by atoms with Crippen LogP contribution in [-0.4, -0.2) is 67.9 Å². The summed E-state index contributed by atoms with van der Waals surface area (Å²) in [4.78, 5) is 32.1. The van der Waals surface area contributed by atoms with Crippen molar-refractivity contribution < 1.29 is 14.0 Å². The van der Waals surface area contributed by atoms with E-state index in [-0.39, 0.29) is 23.5 Å². The highest BCUT2D eigenvalue weighted by molar-refractivity contribution is 5.94. The number of anilines is 1. The van der Waals surface area contributed by atoms with Gasteiger partial charge in [-0.25, -0.2) is 4.39 Å². The fourth-order valence-electron chi connectivity index (χ4n) is 4.49. The number of carbonyl (C=O) groups excluding carboxylic acids is 2. The maximum Gasteiger partial charge on any atom is 0.253 e. The molecule has 0 aromatic heterocycles. The Morgan fingerprint density at radius 2 is 1.72 bits per heavy atom. The van der Waals surface area contributed by atoms with Gasteiger partial charge in [0.15, 0.2) is 0 Å². The van der Waals surface area contributed by atoms with E-state index in [4.69, 9.17) is 0 Å². The van der Waals surface area contributed by atoms with Gasteiger partial charge in [-0.1, -0.05) is 18.2 Å². The molecule has 0 radical (unpaired) electrons. The molecule has 2 amide bonds. The minimum atomic E-state index is -0.366. The Labute approximate surface area is 189 Å². The van der Waals surface area contributed by atoms with Crippen molar-refractivity contribution in [1.82, 2.24) is 15.1 Å². The van der Waals surface area contributed by atoms with Crippen molar-refractivity contribution in [2.24, 2.45) is 5.92 Å². The predicted molar refractivity (Wildman–Crippen MR) is 123 cm³/mol. The molecule has 170 valence electrons. The van der Waals surface area contributed by atoms with Gasteiger partial charge in [0.25, 0.3) is 5.91 Å². The summed E-state index contributed by atoms with van der Waals surface area (Å²) in [5.74, 6) is -0.768. The van der Waals surface area contributed by atoms with E-state index in [9.17, 15) is 14.0 Å². The highest BCUT2D eigenvalue weighted by Crippen LogP contribution is 2.23. The fraction of sp³-hybridized carbons (Fsp3) is 0.440. The normalized spacial score (nSPS) is 19.6. The third-order valence-electron chi connectivity index (χ3n) is 6.46. The van der Waals surface area contributed by atoms with Crippen LogP contribution >= 0.6 is 0 Å². The predicted octanol–water partition coefficient (Wildman–Crippen LogP) is 2.75. The summed E-state index contributed by atoms with van der Waals surface area (Å²) < 4.78 is 13.2. The van der Waals surface area contributed by atoms with Gasteiger partial charge in [-0.3, -0.25) is 9.59 Å². The fourth-order valence-corrected chi connectivity index (χ4v) is 4.49. The van der Waals surface area contributed by atoms with Crippen LogP contribution in [0.3, 0.4) is 0 Å². The number of rotatable bonds is 5.